The van der Waals surface area contributed by atoms with E-state index in [1.165, 1.54) is 0 Å². The molecule has 0 aromatic heterocycles. The van der Waals surface area contributed by atoms with E-state index in [1.807, 2.05) is 6.07 Å². The fourth-order valence-electron chi connectivity index (χ4n) is 1.34. The second kappa shape index (κ2) is 5.70. The van der Waals surface area contributed by atoms with Gasteiger partial charge in [-0.1, -0.05) is 19.4 Å². The highest BCUT2D eigenvalue weighted by Gasteiger charge is 2.13. The van der Waals surface area contributed by atoms with Crippen LogP contribution in [0.2, 0.25) is 0 Å². The van der Waals surface area contributed by atoms with Crippen LogP contribution in [-0.2, 0) is 6.42 Å². The molecule has 4 nitrogen and oxygen atoms in total. The highest BCUT2D eigenvalue weighted by atomic mass is 79.9. The summed E-state index contributed by atoms with van der Waals surface area (Å²) in [5.41, 5.74) is 1.61. The van der Waals surface area contributed by atoms with E-state index in [0.29, 0.717) is 5.69 Å². The van der Waals surface area contributed by atoms with Gasteiger partial charge in [-0.3, -0.25) is 10.1 Å². The molecule has 1 N–H and O–H groups in total. The summed E-state index contributed by atoms with van der Waals surface area (Å²) in [6, 6.07) is 5.25. The van der Waals surface area contributed by atoms with Crippen molar-refractivity contribution in [1.82, 2.24) is 0 Å². The van der Waals surface area contributed by atoms with Crippen LogP contribution in [0.3, 0.4) is 0 Å². The van der Waals surface area contributed by atoms with E-state index >= 15 is 0 Å². The maximum absolute atomic E-state index is 10.8. The number of benzene rings is 1. The molecule has 0 spiro atoms. The minimum absolute atomic E-state index is 0.112. The van der Waals surface area contributed by atoms with Crippen molar-refractivity contribution in [2.24, 2.45) is 0 Å². The number of halogens is 1. The molecular formula is C10H13BrN2O2. The molecule has 0 atom stereocenters. The van der Waals surface area contributed by atoms with Crippen LogP contribution in [0.15, 0.2) is 18.2 Å². The summed E-state index contributed by atoms with van der Waals surface area (Å²) in [6.45, 7) is 2.10. The van der Waals surface area contributed by atoms with Gasteiger partial charge in [-0.05, 0) is 24.5 Å². The molecule has 0 unspecified atom stereocenters. The molecule has 0 aliphatic heterocycles. The average Bonchev–Trinajstić information content (AvgIpc) is 2.25. The lowest BCUT2D eigenvalue weighted by atomic mass is 10.1. The third-order valence-electron chi connectivity index (χ3n) is 2.18. The molecule has 15 heavy (non-hydrogen) atoms. The van der Waals surface area contributed by atoms with Crippen LogP contribution in [0, 0.1) is 10.1 Å². The van der Waals surface area contributed by atoms with Crippen molar-refractivity contribution in [3.8, 4) is 0 Å². The van der Waals surface area contributed by atoms with E-state index in [2.05, 4.69) is 27.4 Å². The molecule has 0 saturated heterocycles. The SMILES string of the molecule is CCCCc1ccc(NBr)c([N+](=O)[O-])c1. The van der Waals surface area contributed by atoms with Crippen LogP contribution in [0.5, 0.6) is 0 Å². The maximum Gasteiger partial charge on any atom is 0.293 e. The van der Waals surface area contributed by atoms with E-state index in [4.69, 9.17) is 0 Å². The molecular weight excluding hydrogens is 260 g/mol. The smallest absolute Gasteiger partial charge is 0.293 e. The maximum atomic E-state index is 10.8. The van der Waals surface area contributed by atoms with Gasteiger partial charge in [0.25, 0.3) is 5.69 Å². The Hall–Kier alpha value is -1.10. The Balaban J connectivity index is 2.94. The van der Waals surface area contributed by atoms with Gasteiger partial charge in [0.15, 0.2) is 0 Å². The van der Waals surface area contributed by atoms with Gasteiger partial charge in [0.2, 0.25) is 0 Å². The minimum Gasteiger partial charge on any atom is -0.317 e. The lowest BCUT2D eigenvalue weighted by Crippen LogP contribution is -1.95. The number of anilines is 1. The Kier molecular flexibility index (Phi) is 4.55. The zero-order valence-corrected chi connectivity index (χ0v) is 10.1. The molecule has 0 heterocycles. The number of rotatable bonds is 5. The largest absolute Gasteiger partial charge is 0.317 e. The van der Waals surface area contributed by atoms with Gasteiger partial charge in [-0.2, -0.15) is 0 Å². The normalized spacial score (nSPS) is 10.0. The second-order valence-electron chi connectivity index (χ2n) is 3.31. The summed E-state index contributed by atoms with van der Waals surface area (Å²) in [7, 11) is 0. The third kappa shape index (κ3) is 3.20. The average molecular weight is 273 g/mol. The number of hydrogen-bond acceptors (Lipinski definition) is 3. The summed E-state index contributed by atoms with van der Waals surface area (Å²) in [4.78, 5) is 10.4. The highest BCUT2D eigenvalue weighted by Crippen LogP contribution is 2.27. The Labute approximate surface area is 97.2 Å². The predicted molar refractivity (Wildman–Crippen MR) is 64.3 cm³/mol. The molecule has 0 radical (unpaired) electrons. The Morgan fingerprint density at radius 1 is 1.53 bits per heavy atom. The van der Waals surface area contributed by atoms with Crippen LogP contribution in [0.1, 0.15) is 25.3 Å². The lowest BCUT2D eigenvalue weighted by Gasteiger charge is -2.03. The summed E-state index contributed by atoms with van der Waals surface area (Å²) in [6.07, 6.45) is 3.03. The van der Waals surface area contributed by atoms with Crippen LogP contribution in [-0.4, -0.2) is 4.92 Å². The van der Waals surface area contributed by atoms with Crippen molar-refractivity contribution < 1.29 is 4.92 Å². The topological polar surface area (TPSA) is 55.2 Å². The van der Waals surface area contributed by atoms with E-state index in [-0.39, 0.29) is 10.6 Å². The van der Waals surface area contributed by atoms with Gasteiger partial charge in [-0.25, -0.2) is 0 Å². The van der Waals surface area contributed by atoms with Gasteiger partial charge < -0.3 is 4.34 Å². The van der Waals surface area contributed by atoms with Gasteiger partial charge in [0, 0.05) is 22.2 Å². The van der Waals surface area contributed by atoms with Crippen molar-refractivity contribution in [1.29, 1.82) is 0 Å². The molecule has 1 aromatic rings. The number of aryl methyl sites for hydroxylation is 1. The van der Waals surface area contributed by atoms with Crippen LogP contribution in [0.25, 0.3) is 0 Å². The molecule has 0 aliphatic carbocycles. The first-order valence-electron chi connectivity index (χ1n) is 4.83. The number of unbranched alkanes of at least 4 members (excludes halogenated alkanes) is 1. The van der Waals surface area contributed by atoms with Gasteiger partial charge in [0.05, 0.1) is 4.92 Å². The molecule has 0 fully saturated rings. The Morgan fingerprint density at radius 2 is 2.27 bits per heavy atom. The predicted octanol–water partition coefficient (Wildman–Crippen LogP) is 3.66. The van der Waals surface area contributed by atoms with Crippen LogP contribution < -0.4 is 4.34 Å². The lowest BCUT2D eigenvalue weighted by molar-refractivity contribution is -0.383. The standard InChI is InChI=1S/C10H13BrN2O2/c1-2-3-4-8-5-6-9(12-11)10(7-8)13(14)15/h5-7,12H,2-4H2,1H3. The molecule has 0 bridgehead atoms. The van der Waals surface area contributed by atoms with Gasteiger partial charge >= 0.3 is 0 Å². The quantitative estimate of drug-likeness (QED) is 0.506. The second-order valence-corrected chi connectivity index (χ2v) is 3.70. The first-order valence-corrected chi connectivity index (χ1v) is 5.62. The molecule has 1 rings (SSSR count). The number of hydrogen-bond donors (Lipinski definition) is 1. The number of nitrogens with zero attached hydrogens (tertiary/aromatic N) is 1. The summed E-state index contributed by atoms with van der Waals surface area (Å²) in [5.74, 6) is 0. The fraction of sp³-hybridized carbons (Fsp3) is 0.400. The van der Waals surface area contributed by atoms with Crippen LogP contribution >= 0.6 is 16.1 Å². The Morgan fingerprint density at radius 3 is 2.80 bits per heavy atom. The monoisotopic (exact) mass is 272 g/mol. The zero-order valence-electron chi connectivity index (χ0n) is 8.50. The minimum atomic E-state index is -0.376. The van der Waals surface area contributed by atoms with E-state index in [0.717, 1.165) is 24.8 Å². The first kappa shape index (κ1) is 12.0. The molecule has 1 aromatic carbocycles. The number of nitro groups is 1. The van der Waals surface area contributed by atoms with Crippen molar-refractivity contribution >= 4 is 27.5 Å². The van der Waals surface area contributed by atoms with Crippen LogP contribution in [0.4, 0.5) is 11.4 Å². The van der Waals surface area contributed by atoms with Crippen molar-refractivity contribution in [2.75, 3.05) is 4.34 Å². The number of nitrogens with one attached hydrogen (secondary N) is 1. The summed E-state index contributed by atoms with van der Waals surface area (Å²) < 4.78 is 2.63. The molecule has 0 aliphatic rings. The fourth-order valence-corrected chi connectivity index (χ4v) is 1.68. The first-order chi connectivity index (χ1) is 7.19. The van der Waals surface area contributed by atoms with Crippen molar-refractivity contribution in [3.63, 3.8) is 0 Å². The van der Waals surface area contributed by atoms with E-state index in [1.54, 1.807) is 12.1 Å². The molecule has 0 amide bonds. The molecule has 0 saturated carbocycles. The highest BCUT2D eigenvalue weighted by molar-refractivity contribution is 9.10. The molecule has 5 heteroatoms. The third-order valence-corrected chi connectivity index (χ3v) is 2.61. The zero-order chi connectivity index (χ0) is 11.3. The summed E-state index contributed by atoms with van der Waals surface area (Å²) in [5, 5.41) is 10.8. The van der Waals surface area contributed by atoms with Gasteiger partial charge in [0.1, 0.15) is 5.69 Å². The summed E-state index contributed by atoms with van der Waals surface area (Å²) >= 11 is 3.00. The Bertz CT molecular complexity index is 355. The molecule has 82 valence electrons. The van der Waals surface area contributed by atoms with Crippen molar-refractivity contribution in [3.05, 3.63) is 33.9 Å². The number of nitro benzene ring substituents is 1. The van der Waals surface area contributed by atoms with E-state index in [9.17, 15) is 10.1 Å². The van der Waals surface area contributed by atoms with Gasteiger partial charge in [-0.15, -0.1) is 0 Å². The van der Waals surface area contributed by atoms with E-state index < -0.39 is 0 Å². The van der Waals surface area contributed by atoms with Crippen molar-refractivity contribution in [2.45, 2.75) is 26.2 Å².